The summed E-state index contributed by atoms with van der Waals surface area (Å²) in [5, 5.41) is -0.286. The second-order valence-corrected chi connectivity index (χ2v) is 5.78. The highest BCUT2D eigenvalue weighted by molar-refractivity contribution is 7.90. The Bertz CT molecular complexity index is 626. The van der Waals surface area contributed by atoms with E-state index in [9.17, 15) is 18.0 Å². The number of rotatable bonds is 4. The quantitative estimate of drug-likeness (QED) is 0.734. The van der Waals surface area contributed by atoms with Gasteiger partial charge in [-0.05, 0) is 17.7 Å². The van der Waals surface area contributed by atoms with E-state index in [1.807, 2.05) is 0 Å². The molecule has 8 nitrogen and oxygen atoms in total. The van der Waals surface area contributed by atoms with Crippen LogP contribution in [-0.4, -0.2) is 38.6 Å². The monoisotopic (exact) mass is 285 g/mol. The first-order valence-corrected chi connectivity index (χ1v) is 6.90. The summed E-state index contributed by atoms with van der Waals surface area (Å²) in [5.74, 6) is -0.749. The normalized spacial score (nSPS) is 11.1. The van der Waals surface area contributed by atoms with Gasteiger partial charge in [0.2, 0.25) is 5.91 Å². The maximum absolute atomic E-state index is 11.5. The molecule has 9 heteroatoms. The molecular formula is C10H13N4O4S. The van der Waals surface area contributed by atoms with Gasteiger partial charge in [0.05, 0.1) is 6.42 Å². The van der Waals surface area contributed by atoms with Crippen LogP contribution in [0.15, 0.2) is 17.2 Å². The number of urea groups is 1. The first-order chi connectivity index (χ1) is 8.61. The van der Waals surface area contributed by atoms with Gasteiger partial charge in [0.25, 0.3) is 0 Å². The lowest BCUT2D eigenvalue weighted by atomic mass is 10.2. The molecule has 1 heterocycles. The van der Waals surface area contributed by atoms with Crippen LogP contribution in [-0.2, 0) is 14.6 Å². The smallest absolute Gasteiger partial charge is 0.320 e. The molecule has 3 amide bonds. The average Bonchev–Trinajstić information content (AvgIpc) is 2.25. The van der Waals surface area contributed by atoms with Gasteiger partial charge < -0.3 is 11.5 Å². The summed E-state index contributed by atoms with van der Waals surface area (Å²) in [6.45, 7) is 0. The van der Waals surface area contributed by atoms with Crippen molar-refractivity contribution in [1.82, 2.24) is 4.98 Å². The second-order valence-electron chi connectivity index (χ2n) is 3.81. The molecule has 4 N–H and O–H groups in total. The van der Waals surface area contributed by atoms with Gasteiger partial charge in [-0.2, -0.15) is 0 Å². The van der Waals surface area contributed by atoms with E-state index in [2.05, 4.69) is 4.98 Å². The van der Waals surface area contributed by atoms with E-state index in [0.29, 0.717) is 0 Å². The Morgan fingerprint density at radius 1 is 1.32 bits per heavy atom. The Hall–Kier alpha value is -2.16. The molecule has 0 aliphatic heterocycles. The minimum absolute atomic E-state index is 0.00271. The van der Waals surface area contributed by atoms with Crippen molar-refractivity contribution in [2.45, 2.75) is 5.03 Å². The van der Waals surface area contributed by atoms with E-state index in [1.165, 1.54) is 19.2 Å². The molecule has 0 aromatic carbocycles. The van der Waals surface area contributed by atoms with Crippen molar-refractivity contribution in [1.29, 1.82) is 0 Å². The molecule has 0 aliphatic rings. The Morgan fingerprint density at radius 2 is 1.89 bits per heavy atom. The van der Waals surface area contributed by atoms with Gasteiger partial charge in [-0.3, -0.25) is 9.69 Å². The maximum Gasteiger partial charge on any atom is 0.320 e. The van der Waals surface area contributed by atoms with Crippen LogP contribution in [0.5, 0.6) is 0 Å². The van der Waals surface area contributed by atoms with E-state index >= 15 is 0 Å². The number of carbonyl (C=O) groups excluding carboxylic acids is 2. The van der Waals surface area contributed by atoms with Crippen molar-refractivity contribution in [2.75, 3.05) is 18.2 Å². The van der Waals surface area contributed by atoms with Crippen LogP contribution in [0.25, 0.3) is 0 Å². The predicted molar refractivity (Wildman–Crippen MR) is 67.9 cm³/mol. The molecule has 0 saturated carbocycles. The van der Waals surface area contributed by atoms with Crippen LogP contribution < -0.4 is 16.4 Å². The number of primary amides is 2. The Morgan fingerprint density at radius 3 is 2.32 bits per heavy atom. The first kappa shape index (κ1) is 14.9. The van der Waals surface area contributed by atoms with E-state index in [0.717, 1.165) is 17.6 Å². The van der Waals surface area contributed by atoms with Crippen LogP contribution >= 0.6 is 0 Å². The molecule has 0 fully saturated rings. The summed E-state index contributed by atoms with van der Waals surface area (Å²) in [7, 11) is -2.28. The topological polar surface area (TPSA) is 136 Å². The number of aromatic nitrogens is 1. The third-order valence-corrected chi connectivity index (χ3v) is 3.14. The van der Waals surface area contributed by atoms with Crippen molar-refractivity contribution in [2.24, 2.45) is 11.5 Å². The molecule has 103 valence electrons. The Kier molecular flexibility index (Phi) is 4.10. The molecule has 1 aromatic heterocycles. The zero-order chi connectivity index (χ0) is 14.8. The molecule has 1 rings (SSSR count). The standard InChI is InChI=1S/C10H13N4O4S/c1-14(10(12)16)8-4-6(3-7(11)15)5-9(13-8)19(2,17)18/h3-5H,1-2H3,(H2,11,15)(H2,12,16). The third kappa shape index (κ3) is 3.91. The van der Waals surface area contributed by atoms with Crippen molar-refractivity contribution in [3.05, 3.63) is 24.1 Å². The number of sulfone groups is 1. The molecule has 0 saturated heterocycles. The van der Waals surface area contributed by atoms with Crippen molar-refractivity contribution in [3.63, 3.8) is 0 Å². The van der Waals surface area contributed by atoms with Crippen LogP contribution in [0, 0.1) is 6.42 Å². The van der Waals surface area contributed by atoms with Gasteiger partial charge >= 0.3 is 6.03 Å². The second kappa shape index (κ2) is 5.22. The number of anilines is 1. The molecule has 0 aliphatic carbocycles. The van der Waals surface area contributed by atoms with Gasteiger partial charge in [0, 0.05) is 13.3 Å². The van der Waals surface area contributed by atoms with Crippen molar-refractivity contribution >= 4 is 27.6 Å². The highest BCUT2D eigenvalue weighted by atomic mass is 32.2. The number of nitrogens with zero attached hydrogens (tertiary/aromatic N) is 2. The van der Waals surface area contributed by atoms with E-state index in [1.54, 1.807) is 0 Å². The van der Waals surface area contributed by atoms with Gasteiger partial charge in [0.1, 0.15) is 5.82 Å². The summed E-state index contributed by atoms with van der Waals surface area (Å²) >= 11 is 0. The van der Waals surface area contributed by atoms with Crippen LogP contribution in [0.3, 0.4) is 0 Å². The van der Waals surface area contributed by atoms with Crippen LogP contribution in [0.1, 0.15) is 5.56 Å². The Balaban J connectivity index is 3.40. The predicted octanol–water partition coefficient (Wildman–Crippen LogP) is -0.962. The SMILES string of the molecule is CN(C(N)=O)c1cc([CH]C(N)=O)cc(S(C)(=O)=O)n1. The molecule has 0 bridgehead atoms. The molecule has 1 radical (unpaired) electrons. The fourth-order valence-electron chi connectivity index (χ4n) is 1.23. The summed E-state index contributed by atoms with van der Waals surface area (Å²) < 4.78 is 23.0. The summed E-state index contributed by atoms with van der Waals surface area (Å²) in [6, 6.07) is 1.69. The fraction of sp³-hybridized carbons (Fsp3) is 0.200. The number of carbonyl (C=O) groups is 2. The number of nitrogens with two attached hydrogens (primary N) is 2. The molecule has 1 aromatic rings. The average molecular weight is 285 g/mol. The zero-order valence-corrected chi connectivity index (χ0v) is 11.1. The zero-order valence-electron chi connectivity index (χ0n) is 10.3. The van der Waals surface area contributed by atoms with Gasteiger partial charge in [-0.1, -0.05) is 0 Å². The lowest BCUT2D eigenvalue weighted by Crippen LogP contribution is -2.32. The molecule has 0 unspecified atom stereocenters. The lowest BCUT2D eigenvalue weighted by molar-refractivity contribution is -0.114. The van der Waals surface area contributed by atoms with E-state index in [-0.39, 0.29) is 16.4 Å². The maximum atomic E-state index is 11.5. The molecular weight excluding hydrogens is 272 g/mol. The van der Waals surface area contributed by atoms with Gasteiger partial charge in [-0.15, -0.1) is 0 Å². The fourth-order valence-corrected chi connectivity index (χ4v) is 1.84. The van der Waals surface area contributed by atoms with E-state index < -0.39 is 21.8 Å². The van der Waals surface area contributed by atoms with Crippen molar-refractivity contribution < 1.29 is 18.0 Å². The molecule has 0 spiro atoms. The molecule has 0 atom stereocenters. The van der Waals surface area contributed by atoms with Gasteiger partial charge in [0.15, 0.2) is 14.9 Å². The van der Waals surface area contributed by atoms with Crippen molar-refractivity contribution in [3.8, 4) is 0 Å². The largest absolute Gasteiger partial charge is 0.369 e. The number of pyridine rings is 1. The first-order valence-electron chi connectivity index (χ1n) is 5.00. The number of hydrogen-bond acceptors (Lipinski definition) is 5. The highest BCUT2D eigenvalue weighted by Crippen LogP contribution is 2.18. The van der Waals surface area contributed by atoms with E-state index in [4.69, 9.17) is 11.5 Å². The summed E-state index contributed by atoms with van der Waals surface area (Å²) in [6.07, 6.45) is 1.98. The Labute approximate surface area is 110 Å². The minimum Gasteiger partial charge on any atom is -0.369 e. The summed E-state index contributed by atoms with van der Waals surface area (Å²) in [4.78, 5) is 26.6. The third-order valence-electron chi connectivity index (χ3n) is 2.17. The van der Waals surface area contributed by atoms with Crippen LogP contribution in [0.2, 0.25) is 0 Å². The van der Waals surface area contributed by atoms with Crippen LogP contribution in [0.4, 0.5) is 10.6 Å². The van der Waals surface area contributed by atoms with Gasteiger partial charge in [-0.25, -0.2) is 18.2 Å². The summed E-state index contributed by atoms with van der Waals surface area (Å²) in [5.41, 5.74) is 10.3. The highest BCUT2D eigenvalue weighted by Gasteiger charge is 2.17. The molecule has 19 heavy (non-hydrogen) atoms. The lowest BCUT2D eigenvalue weighted by Gasteiger charge is -2.15. The minimum atomic E-state index is -3.60. The number of amides is 3. The number of hydrogen-bond donors (Lipinski definition) is 2.